The van der Waals surface area contributed by atoms with Gasteiger partial charge in [-0.3, -0.25) is 0 Å². The average molecular weight is 306 g/mol. The van der Waals surface area contributed by atoms with E-state index in [1.807, 2.05) is 0 Å². The molecule has 0 spiro atoms. The van der Waals surface area contributed by atoms with E-state index >= 15 is 0 Å². The van der Waals surface area contributed by atoms with Gasteiger partial charge >= 0.3 is 21.7 Å². The van der Waals surface area contributed by atoms with Crippen molar-refractivity contribution >= 4 is 0 Å². The number of hydrogen-bond donors (Lipinski definition) is 0. The fourth-order valence-corrected chi connectivity index (χ4v) is 2.53. The van der Waals surface area contributed by atoms with Crippen molar-refractivity contribution < 1.29 is 21.7 Å². The third-order valence-electron chi connectivity index (χ3n) is 3.64. The quantitative estimate of drug-likeness (QED) is 0.526. The van der Waals surface area contributed by atoms with E-state index in [0.717, 1.165) is 0 Å². The fourth-order valence-electron chi connectivity index (χ4n) is 2.53. The monoisotopic (exact) mass is 306 g/mol. The zero-order valence-electron chi connectivity index (χ0n) is 11.9. The van der Waals surface area contributed by atoms with Crippen LogP contribution in [-0.4, -0.2) is 0 Å². The summed E-state index contributed by atoms with van der Waals surface area (Å²) in [5.74, 6) is 1.07. The van der Waals surface area contributed by atoms with Gasteiger partial charge in [-0.1, -0.05) is 48.6 Å². The summed E-state index contributed by atoms with van der Waals surface area (Å²) >= 11 is 0. The number of allylic oxidation sites excluding steroid dienone is 8. The van der Waals surface area contributed by atoms with E-state index in [4.69, 9.17) is 0 Å². The minimum Gasteiger partial charge on any atom is -0.213 e. The Labute approximate surface area is 141 Å². The van der Waals surface area contributed by atoms with Gasteiger partial charge in [0.15, 0.2) is 0 Å². The second kappa shape index (κ2) is 7.97. The van der Waals surface area contributed by atoms with Crippen LogP contribution in [0.1, 0.15) is 23.0 Å². The summed E-state index contributed by atoms with van der Waals surface area (Å²) in [5, 5.41) is 0. The molecule has 0 amide bonds. The largest absolute Gasteiger partial charge is 2.00 e. The van der Waals surface area contributed by atoms with Crippen molar-refractivity contribution in [2.24, 2.45) is 0 Å². The Balaban J connectivity index is 0.000000147. The second-order valence-corrected chi connectivity index (χ2v) is 5.03. The van der Waals surface area contributed by atoms with Crippen LogP contribution >= 0.6 is 0 Å². The van der Waals surface area contributed by atoms with Crippen molar-refractivity contribution in [3.05, 3.63) is 108 Å². The normalized spacial score (nSPS) is 16.0. The minimum atomic E-state index is 0. The number of hydrogen-bond acceptors (Lipinski definition) is 0. The predicted octanol–water partition coefficient (Wildman–Crippen LogP) is 5.23. The summed E-state index contributed by atoms with van der Waals surface area (Å²) in [5.41, 5.74) is 2.79. The Hall–Kier alpha value is -1.63. The van der Waals surface area contributed by atoms with Crippen LogP contribution in [0.5, 0.6) is 0 Å². The zero-order valence-corrected chi connectivity index (χ0v) is 13.5. The molecule has 0 bridgehead atoms. The molecule has 1 heteroatoms. The fraction of sp³-hybridized carbons (Fsp3) is 0.100. The molecule has 0 unspecified atom stereocenters. The van der Waals surface area contributed by atoms with Crippen LogP contribution in [0.25, 0.3) is 0 Å². The minimum absolute atomic E-state index is 0. The van der Waals surface area contributed by atoms with Gasteiger partial charge in [-0.25, -0.2) is 24.3 Å². The van der Waals surface area contributed by atoms with Gasteiger partial charge in [0.2, 0.25) is 0 Å². The molecule has 0 aromatic heterocycles. The van der Waals surface area contributed by atoms with E-state index in [-0.39, 0.29) is 21.7 Å². The summed E-state index contributed by atoms with van der Waals surface area (Å²) < 4.78 is 0. The molecule has 0 saturated carbocycles. The van der Waals surface area contributed by atoms with E-state index < -0.39 is 0 Å². The Morgan fingerprint density at radius 2 is 1.00 bits per heavy atom. The molecule has 0 aliphatic heterocycles. The van der Waals surface area contributed by atoms with Gasteiger partial charge in [-0.2, -0.15) is 35.4 Å². The van der Waals surface area contributed by atoms with Gasteiger partial charge in [-0.15, -0.1) is 0 Å². The van der Waals surface area contributed by atoms with Crippen molar-refractivity contribution in [2.45, 2.75) is 11.8 Å². The molecule has 2 aromatic carbocycles. The first-order valence-corrected chi connectivity index (χ1v) is 7.07. The molecule has 21 heavy (non-hydrogen) atoms. The van der Waals surface area contributed by atoms with Crippen molar-refractivity contribution in [3.63, 3.8) is 0 Å². The van der Waals surface area contributed by atoms with Gasteiger partial charge in [0.25, 0.3) is 0 Å². The average Bonchev–Trinajstić information content (AvgIpc) is 3.29. The van der Waals surface area contributed by atoms with Crippen LogP contribution < -0.4 is 0 Å². The molecule has 4 rings (SSSR count). The summed E-state index contributed by atoms with van der Waals surface area (Å²) in [6.45, 7) is 0. The van der Waals surface area contributed by atoms with Crippen molar-refractivity contribution in [2.75, 3.05) is 0 Å². The molecule has 0 atom stereocenters. The van der Waals surface area contributed by atoms with E-state index in [9.17, 15) is 0 Å². The van der Waals surface area contributed by atoms with E-state index in [0.29, 0.717) is 11.8 Å². The van der Waals surface area contributed by atoms with Gasteiger partial charge in [0, 0.05) is 0 Å². The Kier molecular flexibility index (Phi) is 5.98. The maximum atomic E-state index is 2.20. The summed E-state index contributed by atoms with van der Waals surface area (Å²) in [6, 6.07) is 16.9. The zero-order chi connectivity index (χ0) is 13.6. The van der Waals surface area contributed by atoms with Crippen LogP contribution in [0.3, 0.4) is 0 Å². The van der Waals surface area contributed by atoms with Crippen LogP contribution in [0.4, 0.5) is 0 Å². The molecule has 0 fully saturated rings. The number of rotatable bonds is 2. The maximum absolute atomic E-state index is 2.20. The van der Waals surface area contributed by atoms with Gasteiger partial charge < -0.3 is 0 Å². The molecule has 0 heterocycles. The van der Waals surface area contributed by atoms with Crippen molar-refractivity contribution in [3.8, 4) is 0 Å². The molecule has 2 aliphatic carbocycles. The molecular formula is C20H18Ti. The van der Waals surface area contributed by atoms with Crippen LogP contribution in [0.15, 0.2) is 97.1 Å². The third-order valence-corrected chi connectivity index (χ3v) is 3.64. The second-order valence-electron chi connectivity index (χ2n) is 5.03. The Morgan fingerprint density at radius 3 is 1.29 bits per heavy atom. The van der Waals surface area contributed by atoms with Gasteiger partial charge in [0.1, 0.15) is 0 Å². The molecule has 2 aliphatic rings. The Morgan fingerprint density at radius 1 is 0.619 bits per heavy atom. The van der Waals surface area contributed by atoms with Crippen molar-refractivity contribution in [1.29, 1.82) is 0 Å². The smallest absolute Gasteiger partial charge is 0.213 e. The molecular weight excluding hydrogens is 288 g/mol. The van der Waals surface area contributed by atoms with Gasteiger partial charge in [-0.05, 0) is 11.8 Å². The summed E-state index contributed by atoms with van der Waals surface area (Å²) in [4.78, 5) is 0. The Bertz CT molecular complexity index is 539. The predicted molar refractivity (Wildman–Crippen MR) is 86.1 cm³/mol. The molecule has 0 radical (unpaired) electrons. The first-order chi connectivity index (χ1) is 9.93. The molecule has 2 aromatic rings. The molecule has 0 N–H and O–H groups in total. The summed E-state index contributed by atoms with van der Waals surface area (Å²) in [6.07, 6.45) is 17.2. The summed E-state index contributed by atoms with van der Waals surface area (Å²) in [7, 11) is 0. The standard InChI is InChI=1S/2C10H9.Ti/c2*1-2-6-9(5-1)10-7-3-4-8-10;/h2*1-9H;/q2*-1;+2. The molecule has 0 nitrogen and oxygen atoms in total. The van der Waals surface area contributed by atoms with E-state index in [2.05, 4.69) is 97.1 Å². The SMILES string of the molecule is C1=CC(c2ccc[cH-]2)C=C1.C1=CC(c2ccc[cH-]2)C=C1.[Ti+2]. The van der Waals surface area contributed by atoms with Crippen LogP contribution in [0, 0.1) is 0 Å². The molecule has 0 saturated heterocycles. The topological polar surface area (TPSA) is 0 Å². The first-order valence-electron chi connectivity index (χ1n) is 7.07. The van der Waals surface area contributed by atoms with Crippen LogP contribution in [-0.2, 0) is 21.7 Å². The van der Waals surface area contributed by atoms with Crippen LogP contribution in [0.2, 0.25) is 0 Å². The molecule has 102 valence electrons. The van der Waals surface area contributed by atoms with Crippen molar-refractivity contribution in [1.82, 2.24) is 0 Å². The van der Waals surface area contributed by atoms with E-state index in [1.54, 1.807) is 0 Å². The van der Waals surface area contributed by atoms with E-state index in [1.165, 1.54) is 11.1 Å². The third kappa shape index (κ3) is 4.17. The maximum Gasteiger partial charge on any atom is 2.00 e. The van der Waals surface area contributed by atoms with Gasteiger partial charge in [0.05, 0.1) is 0 Å². The first kappa shape index (κ1) is 15.8.